The van der Waals surface area contributed by atoms with Crippen LogP contribution in [0.3, 0.4) is 0 Å². The molecule has 0 heterocycles. The van der Waals surface area contributed by atoms with Gasteiger partial charge in [0.2, 0.25) is 0 Å². The monoisotopic (exact) mass is 432 g/mol. The van der Waals surface area contributed by atoms with E-state index in [2.05, 4.69) is 25.1 Å². The van der Waals surface area contributed by atoms with Crippen LogP contribution in [0.15, 0.2) is 18.2 Å². The molecule has 2 N–H and O–H groups in total. The van der Waals surface area contributed by atoms with Crippen molar-refractivity contribution in [1.29, 1.82) is 0 Å². The van der Waals surface area contributed by atoms with Gasteiger partial charge in [-0.2, -0.15) is 0 Å². The topological polar surface area (TPSA) is 74.6 Å². The third-order valence-corrected chi connectivity index (χ3v) is 6.16. The van der Waals surface area contributed by atoms with Gasteiger partial charge in [0.1, 0.15) is 0 Å². The van der Waals surface area contributed by atoms with Crippen LogP contribution in [0, 0.1) is 6.92 Å². The fourth-order valence-corrected chi connectivity index (χ4v) is 4.29. The highest BCUT2D eigenvalue weighted by Crippen LogP contribution is 2.21. The zero-order valence-corrected chi connectivity index (χ0v) is 19.7. The highest BCUT2D eigenvalue weighted by atomic mass is 16.4. The third kappa shape index (κ3) is 14.7. The zero-order valence-electron chi connectivity index (χ0n) is 19.7. The molecule has 0 radical (unpaired) electrons. The maximum Gasteiger partial charge on any atom is 0.303 e. The SMILES string of the molecule is Cc1cccc(CCCCCCCCCC(=O)O)c1CCCCCCCCCC(=O)O. The van der Waals surface area contributed by atoms with Crippen LogP contribution in [0.1, 0.15) is 119 Å². The fraction of sp³-hybridized carbons (Fsp3) is 0.704. The van der Waals surface area contributed by atoms with Gasteiger partial charge >= 0.3 is 11.9 Å². The van der Waals surface area contributed by atoms with Crippen LogP contribution in [-0.4, -0.2) is 22.2 Å². The summed E-state index contributed by atoms with van der Waals surface area (Å²) in [5.41, 5.74) is 4.50. The number of unbranched alkanes of at least 4 members (excludes halogenated alkanes) is 12. The van der Waals surface area contributed by atoms with Crippen LogP contribution >= 0.6 is 0 Å². The number of rotatable bonds is 20. The number of carboxylic acid groups (broad SMARTS) is 2. The van der Waals surface area contributed by atoms with Crippen molar-refractivity contribution in [2.45, 2.75) is 122 Å². The van der Waals surface area contributed by atoms with Crippen molar-refractivity contribution in [3.05, 3.63) is 34.9 Å². The second-order valence-electron chi connectivity index (χ2n) is 8.95. The molecule has 0 aromatic heterocycles. The summed E-state index contributed by atoms with van der Waals surface area (Å²) in [6, 6.07) is 6.73. The van der Waals surface area contributed by atoms with Crippen LogP contribution in [0.25, 0.3) is 0 Å². The minimum absolute atomic E-state index is 0.308. The van der Waals surface area contributed by atoms with Crippen molar-refractivity contribution >= 4 is 11.9 Å². The molecule has 4 heteroatoms. The van der Waals surface area contributed by atoms with Crippen molar-refractivity contribution in [3.63, 3.8) is 0 Å². The average molecular weight is 433 g/mol. The molecule has 0 atom stereocenters. The zero-order chi connectivity index (χ0) is 22.7. The van der Waals surface area contributed by atoms with Crippen LogP contribution in [0.4, 0.5) is 0 Å². The number of aliphatic carboxylic acids is 2. The van der Waals surface area contributed by atoms with Gasteiger partial charge in [0, 0.05) is 12.8 Å². The molecule has 0 amide bonds. The first-order valence-corrected chi connectivity index (χ1v) is 12.5. The van der Waals surface area contributed by atoms with Crippen molar-refractivity contribution in [3.8, 4) is 0 Å². The summed E-state index contributed by atoms with van der Waals surface area (Å²) in [6.07, 6.45) is 18.9. The summed E-state index contributed by atoms with van der Waals surface area (Å²) >= 11 is 0. The normalized spacial score (nSPS) is 11.0. The Morgan fingerprint density at radius 1 is 0.613 bits per heavy atom. The molecule has 31 heavy (non-hydrogen) atoms. The van der Waals surface area contributed by atoms with Gasteiger partial charge in [-0.3, -0.25) is 9.59 Å². The van der Waals surface area contributed by atoms with E-state index >= 15 is 0 Å². The number of hydrogen-bond donors (Lipinski definition) is 2. The number of benzene rings is 1. The number of aryl methyl sites for hydroxylation is 2. The van der Waals surface area contributed by atoms with Gasteiger partial charge in [0.15, 0.2) is 0 Å². The first kappa shape index (κ1) is 27.2. The van der Waals surface area contributed by atoms with E-state index in [4.69, 9.17) is 10.2 Å². The largest absolute Gasteiger partial charge is 0.481 e. The average Bonchev–Trinajstić information content (AvgIpc) is 2.72. The fourth-order valence-electron chi connectivity index (χ4n) is 4.29. The van der Waals surface area contributed by atoms with E-state index in [-0.39, 0.29) is 0 Å². The summed E-state index contributed by atoms with van der Waals surface area (Å²) in [4.78, 5) is 21.0. The molecular formula is C27H44O4. The van der Waals surface area contributed by atoms with E-state index < -0.39 is 11.9 Å². The molecule has 0 spiro atoms. The van der Waals surface area contributed by atoms with E-state index in [1.165, 1.54) is 75.3 Å². The van der Waals surface area contributed by atoms with Gasteiger partial charge in [0.05, 0.1) is 0 Å². The molecule has 0 fully saturated rings. The van der Waals surface area contributed by atoms with E-state index in [9.17, 15) is 9.59 Å². The second kappa shape index (κ2) is 17.8. The smallest absolute Gasteiger partial charge is 0.303 e. The van der Waals surface area contributed by atoms with E-state index in [1.54, 1.807) is 5.56 Å². The Bertz CT molecular complexity index is 624. The molecule has 1 aromatic carbocycles. The Balaban J connectivity index is 2.15. The minimum Gasteiger partial charge on any atom is -0.481 e. The molecule has 0 aliphatic heterocycles. The quantitative estimate of drug-likeness (QED) is 0.209. The lowest BCUT2D eigenvalue weighted by molar-refractivity contribution is -0.138. The number of hydrogen-bond acceptors (Lipinski definition) is 2. The molecule has 0 saturated heterocycles. The highest BCUT2D eigenvalue weighted by Gasteiger charge is 2.06. The lowest BCUT2D eigenvalue weighted by atomic mass is 9.93. The maximum atomic E-state index is 10.5. The lowest BCUT2D eigenvalue weighted by Gasteiger charge is -2.13. The predicted molar refractivity (Wildman–Crippen MR) is 128 cm³/mol. The molecule has 0 aliphatic carbocycles. The maximum absolute atomic E-state index is 10.5. The van der Waals surface area contributed by atoms with Crippen molar-refractivity contribution < 1.29 is 19.8 Å². The lowest BCUT2D eigenvalue weighted by Crippen LogP contribution is -1.99. The van der Waals surface area contributed by atoms with Gasteiger partial charge < -0.3 is 10.2 Å². The summed E-state index contributed by atoms with van der Waals surface area (Å²) < 4.78 is 0. The van der Waals surface area contributed by atoms with Crippen molar-refractivity contribution in [2.75, 3.05) is 0 Å². The molecule has 0 unspecified atom stereocenters. The van der Waals surface area contributed by atoms with Crippen LogP contribution in [0.5, 0.6) is 0 Å². The van der Waals surface area contributed by atoms with Gasteiger partial charge in [-0.1, -0.05) is 82.4 Å². The van der Waals surface area contributed by atoms with Gasteiger partial charge in [-0.05, 0) is 62.1 Å². The van der Waals surface area contributed by atoms with E-state index in [1.807, 2.05) is 0 Å². The van der Waals surface area contributed by atoms with Gasteiger partial charge in [0.25, 0.3) is 0 Å². The molecule has 0 saturated carbocycles. The molecular weight excluding hydrogens is 388 g/mol. The van der Waals surface area contributed by atoms with Crippen LogP contribution < -0.4 is 0 Å². The highest BCUT2D eigenvalue weighted by molar-refractivity contribution is 5.66. The first-order chi connectivity index (χ1) is 15.0. The molecule has 4 nitrogen and oxygen atoms in total. The van der Waals surface area contributed by atoms with Crippen molar-refractivity contribution in [1.82, 2.24) is 0 Å². The predicted octanol–water partition coefficient (Wildman–Crippen LogP) is 7.49. The van der Waals surface area contributed by atoms with E-state index in [0.717, 1.165) is 38.5 Å². The molecule has 1 aromatic rings. The summed E-state index contributed by atoms with van der Waals surface area (Å²) in [5.74, 6) is -1.36. The minimum atomic E-state index is -0.679. The number of carboxylic acids is 2. The summed E-state index contributed by atoms with van der Waals surface area (Å²) in [5, 5.41) is 17.3. The Hall–Kier alpha value is -1.84. The van der Waals surface area contributed by atoms with E-state index in [0.29, 0.717) is 12.8 Å². The molecule has 0 bridgehead atoms. The Labute approximate surface area is 189 Å². The Morgan fingerprint density at radius 2 is 1.03 bits per heavy atom. The molecule has 1 rings (SSSR count). The molecule has 176 valence electrons. The van der Waals surface area contributed by atoms with Gasteiger partial charge in [-0.15, -0.1) is 0 Å². The van der Waals surface area contributed by atoms with Crippen LogP contribution in [0.2, 0.25) is 0 Å². The van der Waals surface area contributed by atoms with Crippen molar-refractivity contribution in [2.24, 2.45) is 0 Å². The second-order valence-corrected chi connectivity index (χ2v) is 8.95. The Morgan fingerprint density at radius 3 is 1.52 bits per heavy atom. The summed E-state index contributed by atoms with van der Waals surface area (Å²) in [7, 11) is 0. The standard InChI is InChI=1S/C27H44O4/c1-23-17-16-19-24(18-12-8-4-2-6-10-14-21-26(28)29)25(23)20-13-9-5-3-7-11-15-22-27(30)31/h16-17,19H,2-15,18,20-22H2,1H3,(H,28,29)(H,30,31). The first-order valence-electron chi connectivity index (χ1n) is 12.5. The van der Waals surface area contributed by atoms with Crippen LogP contribution in [-0.2, 0) is 22.4 Å². The Kier molecular flexibility index (Phi) is 15.6. The summed E-state index contributed by atoms with van der Waals surface area (Å²) in [6.45, 7) is 2.23. The molecule has 0 aliphatic rings. The third-order valence-electron chi connectivity index (χ3n) is 6.16. The van der Waals surface area contributed by atoms with Gasteiger partial charge in [-0.25, -0.2) is 0 Å². The number of carbonyl (C=O) groups is 2.